The van der Waals surface area contributed by atoms with Crippen molar-refractivity contribution in [2.24, 2.45) is 4.99 Å². The van der Waals surface area contributed by atoms with Crippen molar-refractivity contribution in [3.63, 3.8) is 0 Å². The normalized spacial score (nSPS) is 18.9. The van der Waals surface area contributed by atoms with Gasteiger partial charge in [0, 0.05) is 7.05 Å². The molecule has 20 heavy (non-hydrogen) atoms. The largest absolute Gasteiger partial charge is 0.509 e. The number of anilines is 1. The van der Waals surface area contributed by atoms with Gasteiger partial charge in [0.05, 0.1) is 22.6 Å². The molecule has 5 heteroatoms. The van der Waals surface area contributed by atoms with Crippen molar-refractivity contribution in [3.05, 3.63) is 35.6 Å². The monoisotopic (exact) mass is 273 g/mol. The minimum atomic E-state index is -0.717. The number of amides is 1. The van der Waals surface area contributed by atoms with Crippen LogP contribution in [0.3, 0.4) is 0 Å². The van der Waals surface area contributed by atoms with E-state index < -0.39 is 5.54 Å². The highest BCUT2D eigenvalue weighted by Crippen LogP contribution is 2.33. The highest BCUT2D eigenvalue weighted by atomic mass is 16.3. The molecular formula is C15H19N3O2. The lowest BCUT2D eigenvalue weighted by Gasteiger charge is -2.27. The molecule has 1 aliphatic rings. The number of carbonyl (C=O) groups is 1. The van der Waals surface area contributed by atoms with Crippen molar-refractivity contribution >= 4 is 23.0 Å². The van der Waals surface area contributed by atoms with Crippen LogP contribution in [0.2, 0.25) is 0 Å². The molecule has 0 unspecified atom stereocenters. The Kier molecular flexibility index (Phi) is 3.29. The summed E-state index contributed by atoms with van der Waals surface area (Å²) in [5.41, 5.74) is 6.95. The van der Waals surface area contributed by atoms with E-state index >= 15 is 0 Å². The van der Waals surface area contributed by atoms with Crippen LogP contribution in [0, 0.1) is 0 Å². The quantitative estimate of drug-likeness (QED) is 0.641. The van der Waals surface area contributed by atoms with Crippen LogP contribution in [0.25, 0.3) is 0 Å². The zero-order valence-corrected chi connectivity index (χ0v) is 12.1. The fraction of sp³-hybridized carbons (Fsp3) is 0.333. The molecule has 1 heterocycles. The van der Waals surface area contributed by atoms with E-state index in [1.165, 1.54) is 4.90 Å². The number of benzene rings is 1. The Balaban J connectivity index is 2.49. The van der Waals surface area contributed by atoms with E-state index in [4.69, 9.17) is 5.73 Å². The fourth-order valence-electron chi connectivity index (χ4n) is 2.14. The Bertz CT molecular complexity index is 630. The Labute approximate surface area is 118 Å². The standard InChI is InChI=1S/C15H19N3O2/c1-9(17-11-8-6-5-7-10(11)16)12-13(19)15(2,3)18(4)14(12)20/h5-8,19H,16H2,1-4H3. The molecule has 0 saturated carbocycles. The third-order valence-corrected chi connectivity index (χ3v) is 3.76. The van der Waals surface area contributed by atoms with Crippen LogP contribution in [-0.4, -0.2) is 34.2 Å². The van der Waals surface area contributed by atoms with Gasteiger partial charge in [-0.2, -0.15) is 0 Å². The van der Waals surface area contributed by atoms with Crippen molar-refractivity contribution in [1.29, 1.82) is 0 Å². The fourth-order valence-corrected chi connectivity index (χ4v) is 2.14. The maximum absolute atomic E-state index is 12.2. The summed E-state index contributed by atoms with van der Waals surface area (Å²) in [5.74, 6) is -0.191. The van der Waals surface area contributed by atoms with Gasteiger partial charge in [-0.05, 0) is 32.9 Å². The molecule has 0 bridgehead atoms. The molecule has 1 aromatic carbocycles. The van der Waals surface area contributed by atoms with Crippen LogP contribution in [-0.2, 0) is 4.79 Å². The highest BCUT2D eigenvalue weighted by molar-refractivity contribution is 6.23. The maximum atomic E-state index is 12.2. The zero-order valence-electron chi connectivity index (χ0n) is 12.1. The Morgan fingerprint density at radius 3 is 2.45 bits per heavy atom. The van der Waals surface area contributed by atoms with Crippen LogP contribution in [0.15, 0.2) is 40.6 Å². The van der Waals surface area contributed by atoms with Crippen molar-refractivity contribution in [3.8, 4) is 0 Å². The predicted molar refractivity (Wildman–Crippen MR) is 80.1 cm³/mol. The number of hydrogen-bond donors (Lipinski definition) is 2. The summed E-state index contributed by atoms with van der Waals surface area (Å²) in [6, 6.07) is 7.15. The summed E-state index contributed by atoms with van der Waals surface area (Å²) in [5, 5.41) is 10.3. The number of nitrogen functional groups attached to an aromatic ring is 1. The smallest absolute Gasteiger partial charge is 0.259 e. The van der Waals surface area contributed by atoms with Gasteiger partial charge in [0.15, 0.2) is 0 Å². The summed E-state index contributed by atoms with van der Waals surface area (Å²) in [6.07, 6.45) is 0. The van der Waals surface area contributed by atoms with E-state index in [1.807, 2.05) is 12.1 Å². The lowest BCUT2D eigenvalue weighted by Crippen LogP contribution is -2.40. The van der Waals surface area contributed by atoms with Gasteiger partial charge in [-0.3, -0.25) is 9.79 Å². The molecule has 0 aliphatic carbocycles. The van der Waals surface area contributed by atoms with Crippen molar-refractivity contribution in [1.82, 2.24) is 4.90 Å². The van der Waals surface area contributed by atoms with Crippen molar-refractivity contribution in [2.75, 3.05) is 12.8 Å². The molecular weight excluding hydrogens is 254 g/mol. The first kappa shape index (κ1) is 14.1. The second kappa shape index (κ2) is 4.67. The van der Waals surface area contributed by atoms with Gasteiger partial charge in [0.25, 0.3) is 5.91 Å². The van der Waals surface area contributed by atoms with Crippen LogP contribution in [0.1, 0.15) is 20.8 Å². The lowest BCUT2D eigenvalue weighted by atomic mass is 10.0. The summed E-state index contributed by atoms with van der Waals surface area (Å²) < 4.78 is 0. The highest BCUT2D eigenvalue weighted by Gasteiger charge is 2.44. The molecule has 0 fully saturated rings. The molecule has 1 aromatic rings. The summed E-state index contributed by atoms with van der Waals surface area (Å²) in [4.78, 5) is 18.1. The van der Waals surface area contributed by atoms with Crippen LogP contribution in [0.4, 0.5) is 11.4 Å². The first-order chi connectivity index (χ1) is 9.26. The van der Waals surface area contributed by atoms with Gasteiger partial charge in [-0.25, -0.2) is 0 Å². The average molecular weight is 273 g/mol. The number of likely N-dealkylation sites (N-methyl/N-ethyl adjacent to an activating group) is 1. The predicted octanol–water partition coefficient (Wildman–Crippen LogP) is 2.42. The number of para-hydroxylation sites is 2. The van der Waals surface area contributed by atoms with E-state index in [0.29, 0.717) is 17.1 Å². The number of aliphatic hydroxyl groups excluding tert-OH is 1. The number of hydrogen-bond acceptors (Lipinski definition) is 4. The Morgan fingerprint density at radius 1 is 1.35 bits per heavy atom. The van der Waals surface area contributed by atoms with Gasteiger partial charge in [-0.1, -0.05) is 12.1 Å². The number of nitrogens with two attached hydrogens (primary N) is 1. The van der Waals surface area contributed by atoms with E-state index in [-0.39, 0.29) is 17.2 Å². The minimum absolute atomic E-state index is 0.0424. The summed E-state index contributed by atoms with van der Waals surface area (Å²) in [7, 11) is 1.66. The van der Waals surface area contributed by atoms with E-state index in [2.05, 4.69) is 4.99 Å². The maximum Gasteiger partial charge on any atom is 0.259 e. The molecule has 2 rings (SSSR count). The second-order valence-electron chi connectivity index (χ2n) is 5.40. The SMILES string of the molecule is CC(=Nc1ccccc1N)C1=C(O)C(C)(C)N(C)C1=O. The third kappa shape index (κ3) is 2.05. The summed E-state index contributed by atoms with van der Waals surface area (Å²) >= 11 is 0. The molecule has 0 aromatic heterocycles. The minimum Gasteiger partial charge on any atom is -0.509 e. The van der Waals surface area contributed by atoms with E-state index in [0.717, 1.165) is 0 Å². The molecule has 0 saturated heterocycles. The number of carbonyl (C=O) groups excluding carboxylic acids is 1. The van der Waals surface area contributed by atoms with Crippen LogP contribution in [0.5, 0.6) is 0 Å². The topological polar surface area (TPSA) is 78.9 Å². The number of aliphatic imine (C=N–C) groups is 1. The zero-order chi connectivity index (χ0) is 15.1. The molecule has 3 N–H and O–H groups in total. The van der Waals surface area contributed by atoms with Gasteiger partial charge in [0.1, 0.15) is 11.3 Å². The molecule has 1 aliphatic heterocycles. The van der Waals surface area contributed by atoms with Crippen molar-refractivity contribution in [2.45, 2.75) is 26.3 Å². The molecule has 106 valence electrons. The molecule has 0 atom stereocenters. The van der Waals surface area contributed by atoms with Crippen LogP contribution < -0.4 is 5.73 Å². The van der Waals surface area contributed by atoms with Gasteiger partial charge in [0.2, 0.25) is 0 Å². The number of aliphatic hydroxyl groups is 1. The van der Waals surface area contributed by atoms with E-state index in [1.54, 1.807) is 40.0 Å². The molecule has 5 nitrogen and oxygen atoms in total. The average Bonchev–Trinajstić information content (AvgIpc) is 2.54. The van der Waals surface area contributed by atoms with Gasteiger partial charge in [-0.15, -0.1) is 0 Å². The molecule has 0 radical (unpaired) electrons. The van der Waals surface area contributed by atoms with Crippen molar-refractivity contribution < 1.29 is 9.90 Å². The lowest BCUT2D eigenvalue weighted by molar-refractivity contribution is -0.127. The first-order valence-electron chi connectivity index (χ1n) is 6.39. The number of rotatable bonds is 2. The second-order valence-corrected chi connectivity index (χ2v) is 5.40. The van der Waals surface area contributed by atoms with Gasteiger partial charge >= 0.3 is 0 Å². The summed E-state index contributed by atoms with van der Waals surface area (Å²) in [6.45, 7) is 5.28. The first-order valence-corrected chi connectivity index (χ1v) is 6.39. The Hall–Kier alpha value is -2.30. The molecule has 0 spiro atoms. The van der Waals surface area contributed by atoms with E-state index in [9.17, 15) is 9.90 Å². The Morgan fingerprint density at radius 2 is 1.95 bits per heavy atom. The molecule has 1 amide bonds. The van der Waals surface area contributed by atoms with Gasteiger partial charge < -0.3 is 15.7 Å². The third-order valence-electron chi connectivity index (χ3n) is 3.76. The number of nitrogens with zero attached hydrogens (tertiary/aromatic N) is 2. The van der Waals surface area contributed by atoms with Crippen LogP contribution >= 0.6 is 0 Å².